The summed E-state index contributed by atoms with van der Waals surface area (Å²) in [6.07, 6.45) is 0.428. The Hall–Kier alpha value is -2.08. The molecule has 0 saturated carbocycles. The van der Waals surface area contributed by atoms with E-state index in [1.54, 1.807) is 9.80 Å². The van der Waals surface area contributed by atoms with Gasteiger partial charge in [0.2, 0.25) is 0 Å². The summed E-state index contributed by atoms with van der Waals surface area (Å²) in [5, 5.41) is 0. The first-order chi connectivity index (χ1) is 12.2. The number of carbonyl (C=O) groups is 2. The molecule has 0 bridgehead atoms. The molecule has 6 nitrogen and oxygen atoms in total. The van der Waals surface area contributed by atoms with Gasteiger partial charge in [0, 0.05) is 44.5 Å². The van der Waals surface area contributed by atoms with Crippen LogP contribution in [0.4, 0.5) is 10.5 Å². The highest BCUT2D eigenvalue weighted by Gasteiger charge is 2.52. The van der Waals surface area contributed by atoms with Crippen molar-refractivity contribution in [3.05, 3.63) is 29.8 Å². The normalized spacial score (nSPS) is 24.0. The molecule has 3 rings (SSSR count). The topological polar surface area (TPSA) is 53.1 Å². The molecule has 2 aliphatic rings. The van der Waals surface area contributed by atoms with Gasteiger partial charge in [-0.05, 0) is 33.3 Å². The zero-order chi connectivity index (χ0) is 19.1. The molecule has 142 valence electrons. The number of anilines is 1. The molecule has 1 unspecified atom stereocenters. The lowest BCUT2D eigenvalue weighted by molar-refractivity contribution is -0.131. The monoisotopic (exact) mass is 359 g/mol. The second-order valence-electron chi connectivity index (χ2n) is 8.05. The van der Waals surface area contributed by atoms with Gasteiger partial charge in [-0.1, -0.05) is 25.1 Å². The Labute approximate surface area is 155 Å². The number of ether oxygens (including phenoxy) is 1. The third kappa shape index (κ3) is 2.96. The highest BCUT2D eigenvalue weighted by molar-refractivity contribution is 6.07. The average molecular weight is 359 g/mol. The molecule has 2 aliphatic heterocycles. The molecule has 6 heteroatoms. The molecule has 26 heavy (non-hydrogen) atoms. The zero-order valence-corrected chi connectivity index (χ0v) is 16.4. The molecule has 2 heterocycles. The van der Waals surface area contributed by atoms with E-state index in [-0.39, 0.29) is 12.0 Å². The van der Waals surface area contributed by atoms with E-state index < -0.39 is 11.1 Å². The quantitative estimate of drug-likeness (QED) is 0.815. The number of benzene rings is 1. The van der Waals surface area contributed by atoms with Crippen molar-refractivity contribution in [2.45, 2.75) is 45.3 Å². The van der Waals surface area contributed by atoms with Gasteiger partial charge in [-0.2, -0.15) is 0 Å². The number of piperazine rings is 1. The highest BCUT2D eigenvalue weighted by atomic mass is 16.6. The van der Waals surface area contributed by atoms with Crippen molar-refractivity contribution >= 4 is 17.7 Å². The number of para-hydroxylation sites is 1. The van der Waals surface area contributed by atoms with E-state index in [1.807, 2.05) is 46.0 Å². The lowest BCUT2D eigenvalue weighted by Gasteiger charge is -2.44. The number of amides is 2. The number of hydrogen-bond donors (Lipinski definition) is 0. The minimum atomic E-state index is -0.634. The molecular formula is C20H29N3O3. The Balaban J connectivity index is 1.80. The standard InChI is InChI=1S/C20H29N3O3/c1-6-20(15-9-7-8-10-16(15)21(5)17(20)24)23-13-11-22(12-14-23)18(25)26-19(2,3)4/h7-10H,6,11-14H2,1-5H3. The van der Waals surface area contributed by atoms with Crippen LogP contribution in [0.3, 0.4) is 0 Å². The molecule has 1 aromatic rings. The Bertz CT molecular complexity index is 704. The second-order valence-corrected chi connectivity index (χ2v) is 8.05. The molecule has 0 spiro atoms. The molecule has 2 amide bonds. The molecule has 1 aromatic carbocycles. The first-order valence-corrected chi connectivity index (χ1v) is 9.31. The van der Waals surface area contributed by atoms with E-state index in [0.29, 0.717) is 32.6 Å². The van der Waals surface area contributed by atoms with E-state index in [4.69, 9.17) is 4.74 Å². The fraction of sp³-hybridized carbons (Fsp3) is 0.600. The smallest absolute Gasteiger partial charge is 0.410 e. The van der Waals surface area contributed by atoms with Crippen LogP contribution in [0.2, 0.25) is 0 Å². The van der Waals surface area contributed by atoms with Gasteiger partial charge in [-0.3, -0.25) is 9.69 Å². The van der Waals surface area contributed by atoms with E-state index in [1.165, 1.54) is 0 Å². The van der Waals surface area contributed by atoms with Gasteiger partial charge in [0.1, 0.15) is 11.1 Å². The number of likely N-dealkylation sites (N-methyl/N-ethyl adjacent to an activating group) is 1. The van der Waals surface area contributed by atoms with Crippen LogP contribution in [0, 0.1) is 0 Å². The van der Waals surface area contributed by atoms with Gasteiger partial charge >= 0.3 is 6.09 Å². The predicted octanol–water partition coefficient (Wildman–Crippen LogP) is 2.82. The van der Waals surface area contributed by atoms with Crippen molar-refractivity contribution in [1.82, 2.24) is 9.80 Å². The maximum absolute atomic E-state index is 13.2. The summed E-state index contributed by atoms with van der Waals surface area (Å²) in [4.78, 5) is 31.2. The molecular weight excluding hydrogens is 330 g/mol. The predicted molar refractivity (Wildman–Crippen MR) is 101 cm³/mol. The largest absolute Gasteiger partial charge is 0.444 e. The second kappa shape index (κ2) is 6.58. The summed E-state index contributed by atoms with van der Waals surface area (Å²) in [6, 6.07) is 8.02. The van der Waals surface area contributed by atoms with Crippen LogP contribution in [-0.4, -0.2) is 60.6 Å². The van der Waals surface area contributed by atoms with E-state index in [2.05, 4.69) is 17.9 Å². The minimum absolute atomic E-state index is 0.118. The van der Waals surface area contributed by atoms with Gasteiger partial charge in [0.05, 0.1) is 0 Å². The zero-order valence-electron chi connectivity index (χ0n) is 16.4. The van der Waals surface area contributed by atoms with Crippen LogP contribution in [0.25, 0.3) is 0 Å². The SMILES string of the molecule is CCC1(N2CCN(C(=O)OC(C)(C)C)CC2)C(=O)N(C)c2ccccc21. The first kappa shape index (κ1) is 18.7. The van der Waals surface area contributed by atoms with Crippen molar-refractivity contribution < 1.29 is 14.3 Å². The van der Waals surface area contributed by atoms with Gasteiger partial charge in [-0.15, -0.1) is 0 Å². The van der Waals surface area contributed by atoms with Crippen molar-refractivity contribution in [3.8, 4) is 0 Å². The lowest BCUT2D eigenvalue weighted by Crippen LogP contribution is -2.59. The Kier molecular flexibility index (Phi) is 4.73. The van der Waals surface area contributed by atoms with Gasteiger partial charge in [0.25, 0.3) is 5.91 Å². The summed E-state index contributed by atoms with van der Waals surface area (Å²) in [5.74, 6) is 0.118. The third-order valence-corrected chi connectivity index (χ3v) is 5.35. The maximum atomic E-state index is 13.2. The number of rotatable bonds is 2. The number of hydrogen-bond acceptors (Lipinski definition) is 4. The lowest BCUT2D eigenvalue weighted by atomic mass is 9.86. The van der Waals surface area contributed by atoms with Crippen LogP contribution in [-0.2, 0) is 15.1 Å². The molecule has 1 atom stereocenters. The van der Waals surface area contributed by atoms with Gasteiger partial charge in [0.15, 0.2) is 0 Å². The number of carbonyl (C=O) groups excluding carboxylic acids is 2. The van der Waals surface area contributed by atoms with Crippen molar-refractivity contribution in [2.75, 3.05) is 38.1 Å². The van der Waals surface area contributed by atoms with Crippen molar-refractivity contribution in [2.24, 2.45) is 0 Å². The van der Waals surface area contributed by atoms with Crippen molar-refractivity contribution in [3.63, 3.8) is 0 Å². The highest BCUT2D eigenvalue weighted by Crippen LogP contribution is 2.45. The van der Waals surface area contributed by atoms with Crippen molar-refractivity contribution in [1.29, 1.82) is 0 Å². The van der Waals surface area contributed by atoms with E-state index in [9.17, 15) is 9.59 Å². The summed E-state index contributed by atoms with van der Waals surface area (Å²) in [5.41, 5.74) is 0.919. The summed E-state index contributed by atoms with van der Waals surface area (Å²) >= 11 is 0. The summed E-state index contributed by atoms with van der Waals surface area (Å²) in [7, 11) is 1.84. The number of nitrogens with zero attached hydrogens (tertiary/aromatic N) is 3. The minimum Gasteiger partial charge on any atom is -0.444 e. The fourth-order valence-electron chi connectivity index (χ4n) is 4.09. The molecule has 0 aliphatic carbocycles. The first-order valence-electron chi connectivity index (χ1n) is 9.31. The average Bonchev–Trinajstić information content (AvgIpc) is 2.82. The van der Waals surface area contributed by atoms with Gasteiger partial charge < -0.3 is 14.5 Å². The third-order valence-electron chi connectivity index (χ3n) is 5.35. The van der Waals surface area contributed by atoms with Gasteiger partial charge in [-0.25, -0.2) is 4.79 Å². The van der Waals surface area contributed by atoms with Crippen LogP contribution < -0.4 is 4.90 Å². The molecule has 0 radical (unpaired) electrons. The van der Waals surface area contributed by atoms with E-state index in [0.717, 1.165) is 11.3 Å². The van der Waals surface area contributed by atoms with Crippen LogP contribution in [0.1, 0.15) is 39.7 Å². The maximum Gasteiger partial charge on any atom is 0.410 e. The molecule has 0 aromatic heterocycles. The fourth-order valence-corrected chi connectivity index (χ4v) is 4.09. The number of fused-ring (bicyclic) bond motifs is 1. The molecule has 0 N–H and O–H groups in total. The Morgan fingerprint density at radius 3 is 2.35 bits per heavy atom. The van der Waals surface area contributed by atoms with Crippen LogP contribution in [0.5, 0.6) is 0 Å². The molecule has 1 fully saturated rings. The molecule has 1 saturated heterocycles. The van der Waals surface area contributed by atoms with E-state index >= 15 is 0 Å². The summed E-state index contributed by atoms with van der Waals surface area (Å²) < 4.78 is 5.48. The summed E-state index contributed by atoms with van der Waals surface area (Å²) in [6.45, 7) is 10.1. The Morgan fingerprint density at radius 1 is 1.15 bits per heavy atom. The Morgan fingerprint density at radius 2 is 1.77 bits per heavy atom. The van der Waals surface area contributed by atoms with Crippen LogP contribution in [0.15, 0.2) is 24.3 Å². The van der Waals surface area contributed by atoms with Crippen LogP contribution >= 0.6 is 0 Å².